The summed E-state index contributed by atoms with van der Waals surface area (Å²) in [5, 5.41) is 10.9. The molecule has 0 unspecified atom stereocenters. The summed E-state index contributed by atoms with van der Waals surface area (Å²) in [5.74, 6) is 0.690. The molecule has 21 heavy (non-hydrogen) atoms. The highest BCUT2D eigenvalue weighted by molar-refractivity contribution is 5.94. The van der Waals surface area contributed by atoms with Gasteiger partial charge in [-0.25, -0.2) is 0 Å². The first-order valence-corrected chi connectivity index (χ1v) is 6.78. The van der Waals surface area contributed by atoms with Gasteiger partial charge in [-0.15, -0.1) is 10.2 Å². The number of rotatable bonds is 3. The van der Waals surface area contributed by atoms with Crippen LogP contribution in [-0.4, -0.2) is 20.5 Å². The summed E-state index contributed by atoms with van der Waals surface area (Å²) in [4.78, 5) is 12.2. The van der Waals surface area contributed by atoms with Gasteiger partial charge in [0.25, 0.3) is 5.91 Å². The van der Waals surface area contributed by atoms with Crippen molar-refractivity contribution in [2.75, 3.05) is 0 Å². The van der Waals surface area contributed by atoms with Crippen molar-refractivity contribution in [3.8, 4) is 0 Å². The minimum absolute atomic E-state index is 0.112. The topological polar surface area (TPSA) is 59.3 Å². The average Bonchev–Trinajstić information content (AvgIpc) is 2.87. The van der Waals surface area contributed by atoms with E-state index in [4.69, 9.17) is 0 Å². The number of hydrogen-bond acceptors (Lipinski definition) is 3. The van der Waals surface area contributed by atoms with Crippen LogP contribution in [0.2, 0.25) is 0 Å². The Labute approximate surface area is 122 Å². The lowest BCUT2D eigenvalue weighted by Gasteiger charge is -2.06. The van der Waals surface area contributed by atoms with E-state index in [1.807, 2.05) is 48.7 Å². The summed E-state index contributed by atoms with van der Waals surface area (Å²) in [7, 11) is 0. The quantitative estimate of drug-likeness (QED) is 0.800. The summed E-state index contributed by atoms with van der Waals surface area (Å²) < 4.78 is 1.84. The van der Waals surface area contributed by atoms with E-state index < -0.39 is 0 Å². The van der Waals surface area contributed by atoms with Crippen molar-refractivity contribution in [1.82, 2.24) is 19.9 Å². The highest BCUT2D eigenvalue weighted by atomic mass is 16.1. The zero-order valence-corrected chi connectivity index (χ0v) is 12.0. The van der Waals surface area contributed by atoms with Crippen LogP contribution < -0.4 is 5.32 Å². The molecule has 0 radical (unpaired) electrons. The van der Waals surface area contributed by atoms with Crippen LogP contribution in [0.3, 0.4) is 0 Å². The third-order valence-electron chi connectivity index (χ3n) is 3.42. The second-order valence-electron chi connectivity index (χ2n) is 5.06. The zero-order valence-electron chi connectivity index (χ0n) is 12.0. The van der Waals surface area contributed by atoms with Crippen molar-refractivity contribution >= 4 is 11.6 Å². The van der Waals surface area contributed by atoms with Gasteiger partial charge in [0.2, 0.25) is 0 Å². The molecule has 106 valence electrons. The largest absolute Gasteiger partial charge is 0.348 e. The number of fused-ring (bicyclic) bond motifs is 1. The molecule has 2 heterocycles. The molecular weight excluding hydrogens is 264 g/mol. The summed E-state index contributed by atoms with van der Waals surface area (Å²) in [6, 6.07) is 11.6. The van der Waals surface area contributed by atoms with Crippen LogP contribution in [0.4, 0.5) is 0 Å². The fourth-order valence-corrected chi connectivity index (χ4v) is 2.14. The molecule has 3 aromatic rings. The normalized spacial score (nSPS) is 10.8. The molecule has 0 saturated carbocycles. The number of carbonyl (C=O) groups is 1. The maximum Gasteiger partial charge on any atom is 0.251 e. The third kappa shape index (κ3) is 2.76. The number of hydrogen-bond donors (Lipinski definition) is 1. The molecule has 0 saturated heterocycles. The van der Waals surface area contributed by atoms with Crippen LogP contribution in [0.1, 0.15) is 27.3 Å². The number of benzene rings is 1. The molecule has 5 heteroatoms. The molecule has 0 atom stereocenters. The summed E-state index contributed by atoms with van der Waals surface area (Å²) >= 11 is 0. The smallest absolute Gasteiger partial charge is 0.251 e. The standard InChI is InChI=1S/C16H16N4O/c1-11-3-5-13(6-4-11)10-17-16(21)14-7-8-20-12(2)18-19-15(20)9-14/h3-9H,10H2,1-2H3,(H,17,21). The van der Waals surface area contributed by atoms with Gasteiger partial charge in [0, 0.05) is 18.3 Å². The van der Waals surface area contributed by atoms with Crippen LogP contribution in [0.15, 0.2) is 42.6 Å². The first kappa shape index (κ1) is 13.3. The van der Waals surface area contributed by atoms with E-state index >= 15 is 0 Å². The van der Waals surface area contributed by atoms with Gasteiger partial charge in [-0.2, -0.15) is 0 Å². The number of nitrogens with zero attached hydrogens (tertiary/aromatic N) is 3. The summed E-state index contributed by atoms with van der Waals surface area (Å²) in [6.45, 7) is 4.42. The fraction of sp³-hybridized carbons (Fsp3) is 0.188. The summed E-state index contributed by atoms with van der Waals surface area (Å²) in [6.07, 6.45) is 1.81. The average molecular weight is 280 g/mol. The molecule has 0 spiro atoms. The van der Waals surface area contributed by atoms with Crippen molar-refractivity contribution in [3.05, 3.63) is 65.1 Å². The lowest BCUT2D eigenvalue weighted by atomic mass is 10.1. The minimum Gasteiger partial charge on any atom is -0.348 e. The van der Waals surface area contributed by atoms with Crippen molar-refractivity contribution < 1.29 is 4.79 Å². The Hall–Kier alpha value is -2.69. The minimum atomic E-state index is -0.112. The first-order valence-electron chi connectivity index (χ1n) is 6.78. The molecule has 2 aromatic heterocycles. The number of carbonyl (C=O) groups excluding carboxylic acids is 1. The van der Waals surface area contributed by atoms with Crippen molar-refractivity contribution in [2.45, 2.75) is 20.4 Å². The molecule has 0 aliphatic carbocycles. The van der Waals surface area contributed by atoms with Gasteiger partial charge in [0.1, 0.15) is 5.82 Å². The van der Waals surface area contributed by atoms with Gasteiger partial charge in [-0.3, -0.25) is 9.20 Å². The second-order valence-corrected chi connectivity index (χ2v) is 5.06. The van der Waals surface area contributed by atoms with Crippen molar-refractivity contribution in [1.29, 1.82) is 0 Å². The Morgan fingerprint density at radius 2 is 1.90 bits per heavy atom. The predicted molar refractivity (Wildman–Crippen MR) is 80.1 cm³/mol. The molecule has 0 fully saturated rings. The number of nitrogens with one attached hydrogen (secondary N) is 1. The molecule has 3 rings (SSSR count). The van der Waals surface area contributed by atoms with Gasteiger partial charge in [0.15, 0.2) is 5.65 Å². The van der Waals surface area contributed by atoms with E-state index in [1.54, 1.807) is 12.1 Å². The van der Waals surface area contributed by atoms with E-state index in [0.29, 0.717) is 17.8 Å². The SMILES string of the molecule is Cc1ccc(CNC(=O)c2ccn3c(C)nnc3c2)cc1. The van der Waals surface area contributed by atoms with Gasteiger partial charge < -0.3 is 5.32 Å². The van der Waals surface area contributed by atoms with E-state index in [-0.39, 0.29) is 5.91 Å². The molecule has 0 bridgehead atoms. The Balaban J connectivity index is 1.73. The number of aryl methyl sites for hydroxylation is 2. The van der Waals surface area contributed by atoms with Gasteiger partial charge in [-0.1, -0.05) is 29.8 Å². The molecule has 0 aliphatic rings. The Morgan fingerprint density at radius 1 is 1.14 bits per heavy atom. The van der Waals surface area contributed by atoms with Crippen LogP contribution >= 0.6 is 0 Å². The van der Waals surface area contributed by atoms with E-state index in [2.05, 4.69) is 15.5 Å². The first-order chi connectivity index (χ1) is 10.1. The highest BCUT2D eigenvalue weighted by Crippen LogP contribution is 2.08. The van der Waals surface area contributed by atoms with E-state index in [9.17, 15) is 4.79 Å². The third-order valence-corrected chi connectivity index (χ3v) is 3.42. The van der Waals surface area contributed by atoms with Gasteiger partial charge >= 0.3 is 0 Å². The van der Waals surface area contributed by atoms with Crippen LogP contribution in [0, 0.1) is 13.8 Å². The van der Waals surface area contributed by atoms with Gasteiger partial charge in [0.05, 0.1) is 0 Å². The Kier molecular flexibility index (Phi) is 3.39. The maximum atomic E-state index is 12.2. The summed E-state index contributed by atoms with van der Waals surface area (Å²) in [5.41, 5.74) is 3.54. The predicted octanol–water partition coefficient (Wildman–Crippen LogP) is 2.28. The lowest BCUT2D eigenvalue weighted by Crippen LogP contribution is -2.22. The molecule has 1 amide bonds. The van der Waals surface area contributed by atoms with Crippen LogP contribution in [-0.2, 0) is 6.54 Å². The molecular formula is C16H16N4O. The van der Waals surface area contributed by atoms with Crippen LogP contribution in [0.5, 0.6) is 0 Å². The number of pyridine rings is 1. The molecule has 1 aromatic carbocycles. The Morgan fingerprint density at radius 3 is 2.67 bits per heavy atom. The molecule has 5 nitrogen and oxygen atoms in total. The lowest BCUT2D eigenvalue weighted by molar-refractivity contribution is 0.0951. The van der Waals surface area contributed by atoms with Gasteiger partial charge in [-0.05, 0) is 31.5 Å². The zero-order chi connectivity index (χ0) is 14.8. The molecule has 1 N–H and O–H groups in total. The second kappa shape index (κ2) is 5.36. The number of aromatic nitrogens is 3. The van der Waals surface area contributed by atoms with E-state index in [1.165, 1.54) is 5.56 Å². The van der Waals surface area contributed by atoms with E-state index in [0.717, 1.165) is 11.4 Å². The highest BCUT2D eigenvalue weighted by Gasteiger charge is 2.08. The Bertz CT molecular complexity index is 790. The van der Waals surface area contributed by atoms with Crippen LogP contribution in [0.25, 0.3) is 5.65 Å². The monoisotopic (exact) mass is 280 g/mol. The van der Waals surface area contributed by atoms with Crippen molar-refractivity contribution in [2.24, 2.45) is 0 Å². The number of amides is 1. The fourth-order valence-electron chi connectivity index (χ4n) is 2.14. The molecule has 0 aliphatic heterocycles. The maximum absolute atomic E-state index is 12.2. The van der Waals surface area contributed by atoms with Crippen molar-refractivity contribution in [3.63, 3.8) is 0 Å².